The van der Waals surface area contributed by atoms with E-state index in [0.29, 0.717) is 17.7 Å². The molecule has 0 spiro atoms. The summed E-state index contributed by atoms with van der Waals surface area (Å²) in [6.45, 7) is 5.26. The first-order valence-electron chi connectivity index (χ1n) is 7.09. The first kappa shape index (κ1) is 14.9. The summed E-state index contributed by atoms with van der Waals surface area (Å²) in [5, 5.41) is 3.04. The smallest absolute Gasteiger partial charge is 0.251 e. The van der Waals surface area contributed by atoms with Crippen LogP contribution in [0.1, 0.15) is 28.8 Å². The summed E-state index contributed by atoms with van der Waals surface area (Å²) < 4.78 is 13.0. The molecule has 3 N–H and O–H groups in total. The number of benzene rings is 1. The minimum atomic E-state index is -0.311. The molecule has 1 fully saturated rings. The van der Waals surface area contributed by atoms with E-state index in [2.05, 4.69) is 10.2 Å². The van der Waals surface area contributed by atoms with Gasteiger partial charge < -0.3 is 16.0 Å². The number of piperidine rings is 1. The number of carbonyl (C=O) groups excluding carboxylic acids is 1. The number of halogens is 1. The molecule has 0 radical (unpaired) electrons. The Bertz CT molecular complexity index is 470. The molecule has 0 atom stereocenters. The number of aryl methyl sites for hydroxylation is 1. The van der Waals surface area contributed by atoms with E-state index in [1.54, 1.807) is 13.0 Å². The lowest BCUT2D eigenvalue weighted by molar-refractivity contribution is 0.0911. The van der Waals surface area contributed by atoms with Gasteiger partial charge in [-0.15, -0.1) is 0 Å². The van der Waals surface area contributed by atoms with E-state index in [9.17, 15) is 9.18 Å². The van der Waals surface area contributed by atoms with Crippen LogP contribution in [0.2, 0.25) is 0 Å². The molecule has 20 heavy (non-hydrogen) atoms. The zero-order valence-corrected chi connectivity index (χ0v) is 11.9. The minimum absolute atomic E-state index is 0.111. The summed E-state index contributed by atoms with van der Waals surface area (Å²) in [7, 11) is 0. The molecule has 1 saturated heterocycles. The summed E-state index contributed by atoms with van der Waals surface area (Å²) in [5.74, 6) is -0.422. The van der Waals surface area contributed by atoms with Crippen LogP contribution >= 0.6 is 0 Å². The largest absolute Gasteiger partial charge is 0.349 e. The Labute approximate surface area is 119 Å². The Balaban J connectivity index is 1.89. The average molecular weight is 279 g/mol. The number of rotatable bonds is 4. The highest BCUT2D eigenvalue weighted by Crippen LogP contribution is 2.13. The number of hydrogen-bond donors (Lipinski definition) is 2. The summed E-state index contributed by atoms with van der Waals surface area (Å²) in [5.41, 5.74) is 6.76. The second-order valence-electron chi connectivity index (χ2n) is 5.34. The Kier molecular flexibility index (Phi) is 5.09. The number of carbonyl (C=O) groups is 1. The lowest BCUT2D eigenvalue weighted by atomic mass is 10.0. The van der Waals surface area contributed by atoms with Crippen LogP contribution in [0, 0.1) is 12.7 Å². The van der Waals surface area contributed by atoms with Gasteiger partial charge in [-0.05, 0) is 43.5 Å². The average Bonchev–Trinajstić information content (AvgIpc) is 2.41. The van der Waals surface area contributed by atoms with Gasteiger partial charge in [0, 0.05) is 37.8 Å². The Hall–Kier alpha value is -1.46. The monoisotopic (exact) mass is 279 g/mol. The van der Waals surface area contributed by atoms with Crippen LogP contribution in [-0.2, 0) is 0 Å². The number of nitrogens with zero attached hydrogens (tertiary/aromatic N) is 1. The fourth-order valence-corrected chi connectivity index (χ4v) is 2.63. The minimum Gasteiger partial charge on any atom is -0.349 e. The van der Waals surface area contributed by atoms with Crippen molar-refractivity contribution in [1.29, 1.82) is 0 Å². The topological polar surface area (TPSA) is 58.4 Å². The van der Waals surface area contributed by atoms with E-state index < -0.39 is 0 Å². The zero-order valence-electron chi connectivity index (χ0n) is 11.9. The van der Waals surface area contributed by atoms with Gasteiger partial charge in [-0.3, -0.25) is 4.79 Å². The maximum absolute atomic E-state index is 13.0. The molecule has 0 saturated carbocycles. The quantitative estimate of drug-likeness (QED) is 0.873. The normalized spacial score (nSPS) is 17.1. The zero-order chi connectivity index (χ0) is 14.5. The molecule has 1 aromatic carbocycles. The molecule has 1 aliphatic rings. The maximum Gasteiger partial charge on any atom is 0.251 e. The number of amides is 1. The van der Waals surface area contributed by atoms with Crippen molar-refractivity contribution in [1.82, 2.24) is 10.2 Å². The highest BCUT2D eigenvalue weighted by atomic mass is 19.1. The fraction of sp³-hybridized carbons (Fsp3) is 0.533. The van der Waals surface area contributed by atoms with Crippen molar-refractivity contribution in [2.24, 2.45) is 5.73 Å². The number of nitrogens with two attached hydrogens (primary N) is 1. The summed E-state index contributed by atoms with van der Waals surface area (Å²) in [4.78, 5) is 14.5. The van der Waals surface area contributed by atoms with E-state index in [1.165, 1.54) is 12.1 Å². The van der Waals surface area contributed by atoms with Gasteiger partial charge >= 0.3 is 0 Å². The number of nitrogens with one attached hydrogen (secondary N) is 1. The van der Waals surface area contributed by atoms with Crippen molar-refractivity contribution < 1.29 is 9.18 Å². The van der Waals surface area contributed by atoms with Crippen LogP contribution in [0.4, 0.5) is 4.39 Å². The van der Waals surface area contributed by atoms with Gasteiger partial charge in [0.05, 0.1) is 0 Å². The number of likely N-dealkylation sites (tertiary alicyclic amines) is 1. The van der Waals surface area contributed by atoms with Crippen molar-refractivity contribution in [3.8, 4) is 0 Å². The predicted molar refractivity (Wildman–Crippen MR) is 77.1 cm³/mol. The molecule has 1 heterocycles. The van der Waals surface area contributed by atoms with E-state index in [4.69, 9.17) is 5.73 Å². The van der Waals surface area contributed by atoms with Gasteiger partial charge in [0.25, 0.3) is 5.91 Å². The van der Waals surface area contributed by atoms with Gasteiger partial charge in [0.2, 0.25) is 0 Å². The van der Waals surface area contributed by atoms with E-state index in [1.807, 2.05) is 0 Å². The molecule has 1 aliphatic heterocycles. The fourth-order valence-electron chi connectivity index (χ4n) is 2.63. The van der Waals surface area contributed by atoms with Gasteiger partial charge in [-0.1, -0.05) is 0 Å². The third-order valence-corrected chi connectivity index (χ3v) is 3.80. The first-order valence-corrected chi connectivity index (χ1v) is 7.09. The second-order valence-corrected chi connectivity index (χ2v) is 5.34. The van der Waals surface area contributed by atoms with E-state index >= 15 is 0 Å². The molecule has 1 amide bonds. The highest BCUT2D eigenvalue weighted by molar-refractivity contribution is 5.95. The lowest BCUT2D eigenvalue weighted by Crippen LogP contribution is -2.45. The second kappa shape index (κ2) is 6.81. The van der Waals surface area contributed by atoms with Crippen LogP contribution in [0.5, 0.6) is 0 Å². The van der Waals surface area contributed by atoms with Crippen LogP contribution in [0.25, 0.3) is 0 Å². The number of hydrogen-bond acceptors (Lipinski definition) is 3. The molecular formula is C15H22FN3O. The molecule has 1 aromatic rings. The standard InChI is InChI=1S/C15H22FN3O/c1-11-10-12(16)2-3-14(11)15(20)18-13-4-7-19(8-5-13)9-6-17/h2-3,10,13H,4-9,17H2,1H3,(H,18,20). The van der Waals surface area contributed by atoms with Crippen molar-refractivity contribution in [2.45, 2.75) is 25.8 Å². The molecule has 0 unspecified atom stereocenters. The summed E-state index contributed by atoms with van der Waals surface area (Å²) in [6.07, 6.45) is 1.87. The third kappa shape index (κ3) is 3.77. The third-order valence-electron chi connectivity index (χ3n) is 3.80. The van der Waals surface area contributed by atoms with Crippen LogP contribution in [0.15, 0.2) is 18.2 Å². The molecule has 110 valence electrons. The molecule has 0 aromatic heterocycles. The molecule has 0 bridgehead atoms. The predicted octanol–water partition coefficient (Wildman–Crippen LogP) is 1.29. The van der Waals surface area contributed by atoms with Gasteiger partial charge in [-0.25, -0.2) is 4.39 Å². The summed E-state index contributed by atoms with van der Waals surface area (Å²) >= 11 is 0. The van der Waals surface area contributed by atoms with Crippen molar-refractivity contribution in [3.63, 3.8) is 0 Å². The Morgan fingerprint density at radius 2 is 2.15 bits per heavy atom. The Morgan fingerprint density at radius 1 is 1.45 bits per heavy atom. The lowest BCUT2D eigenvalue weighted by Gasteiger charge is -2.32. The SMILES string of the molecule is Cc1cc(F)ccc1C(=O)NC1CCN(CCN)CC1. The van der Waals surface area contributed by atoms with Crippen molar-refractivity contribution in [2.75, 3.05) is 26.2 Å². The summed E-state index contributed by atoms with van der Waals surface area (Å²) in [6, 6.07) is 4.45. The first-order chi connectivity index (χ1) is 9.60. The maximum atomic E-state index is 13.0. The van der Waals surface area contributed by atoms with Crippen molar-refractivity contribution in [3.05, 3.63) is 35.1 Å². The van der Waals surface area contributed by atoms with Crippen molar-refractivity contribution >= 4 is 5.91 Å². The molecule has 5 heteroatoms. The van der Waals surface area contributed by atoms with Crippen LogP contribution < -0.4 is 11.1 Å². The van der Waals surface area contributed by atoms with Gasteiger partial charge in [-0.2, -0.15) is 0 Å². The highest BCUT2D eigenvalue weighted by Gasteiger charge is 2.21. The molecule has 0 aliphatic carbocycles. The molecular weight excluding hydrogens is 257 g/mol. The molecule has 4 nitrogen and oxygen atoms in total. The van der Waals surface area contributed by atoms with Crippen LogP contribution in [0.3, 0.4) is 0 Å². The van der Waals surface area contributed by atoms with Gasteiger partial charge in [0.1, 0.15) is 5.82 Å². The Morgan fingerprint density at radius 3 is 2.75 bits per heavy atom. The van der Waals surface area contributed by atoms with Gasteiger partial charge in [0.15, 0.2) is 0 Å². The van der Waals surface area contributed by atoms with Crippen LogP contribution in [-0.4, -0.2) is 43.0 Å². The van der Waals surface area contributed by atoms with E-state index in [-0.39, 0.29) is 17.8 Å². The van der Waals surface area contributed by atoms with E-state index in [0.717, 1.165) is 32.5 Å². The molecule has 2 rings (SSSR count).